The van der Waals surface area contributed by atoms with Gasteiger partial charge in [-0.15, -0.1) is 0 Å². The van der Waals surface area contributed by atoms with E-state index in [2.05, 4.69) is 80.6 Å². The highest BCUT2D eigenvalue weighted by molar-refractivity contribution is 5.83. The summed E-state index contributed by atoms with van der Waals surface area (Å²) < 4.78 is 0. The number of hydrogen-bond acceptors (Lipinski definition) is 0. The molecule has 140 valence electrons. The third-order valence-corrected chi connectivity index (χ3v) is 7.97. The summed E-state index contributed by atoms with van der Waals surface area (Å²) in [5.74, 6) is 2.75. The Hall–Kier alpha value is -2.34. The molecule has 3 unspecified atom stereocenters. The molecule has 2 bridgehead atoms. The highest BCUT2D eigenvalue weighted by Crippen LogP contribution is 2.55. The van der Waals surface area contributed by atoms with Crippen LogP contribution in [0.25, 0.3) is 22.3 Å². The number of hydrogen-bond donors (Lipinski definition) is 0. The lowest BCUT2D eigenvalue weighted by atomic mass is 9.78. The molecule has 0 heterocycles. The van der Waals surface area contributed by atoms with Crippen LogP contribution in [-0.4, -0.2) is 0 Å². The van der Waals surface area contributed by atoms with Crippen LogP contribution < -0.4 is 0 Å². The lowest BCUT2D eigenvalue weighted by Crippen LogP contribution is -2.16. The van der Waals surface area contributed by atoms with Gasteiger partial charge in [-0.2, -0.15) is 0 Å². The second-order valence-corrected chi connectivity index (χ2v) is 9.84. The molecule has 3 atom stereocenters. The minimum Gasteiger partial charge on any atom is -0.0622 e. The zero-order valence-electron chi connectivity index (χ0n) is 16.9. The van der Waals surface area contributed by atoms with Crippen LogP contribution in [0.3, 0.4) is 0 Å². The van der Waals surface area contributed by atoms with E-state index >= 15 is 0 Å². The minimum atomic E-state index is 0.0725. The molecular formula is C28H28. The van der Waals surface area contributed by atoms with Gasteiger partial charge in [0.1, 0.15) is 0 Å². The zero-order valence-corrected chi connectivity index (χ0v) is 16.9. The molecule has 0 nitrogen and oxygen atoms in total. The summed E-state index contributed by atoms with van der Waals surface area (Å²) in [7, 11) is 0. The highest BCUT2D eigenvalue weighted by atomic mass is 14.5. The quantitative estimate of drug-likeness (QED) is 0.440. The van der Waals surface area contributed by atoms with Crippen LogP contribution in [0.4, 0.5) is 0 Å². The molecule has 0 amide bonds. The second kappa shape index (κ2) is 5.83. The maximum atomic E-state index is 2.57. The molecule has 2 fully saturated rings. The lowest BCUT2D eigenvalue weighted by molar-refractivity contribution is 0.419. The molecule has 6 rings (SSSR count). The second-order valence-electron chi connectivity index (χ2n) is 9.84. The van der Waals surface area contributed by atoms with Gasteiger partial charge in [-0.1, -0.05) is 80.9 Å². The van der Waals surface area contributed by atoms with E-state index in [1.807, 2.05) is 0 Å². The molecule has 0 aromatic heterocycles. The number of rotatable bonds is 2. The van der Waals surface area contributed by atoms with Gasteiger partial charge in [0.25, 0.3) is 0 Å². The molecule has 0 radical (unpaired) electrons. The van der Waals surface area contributed by atoms with Crippen LogP contribution in [-0.2, 0) is 5.41 Å². The predicted molar refractivity (Wildman–Crippen MR) is 118 cm³/mol. The van der Waals surface area contributed by atoms with Crippen molar-refractivity contribution in [3.05, 3.63) is 83.4 Å². The van der Waals surface area contributed by atoms with E-state index in [0.717, 1.165) is 17.8 Å². The SMILES string of the molecule is CC1(C)c2cc(-c3ccccc3)ccc2-c2ccc(C3CC4CCC3C4)cc21. The van der Waals surface area contributed by atoms with Gasteiger partial charge in [-0.3, -0.25) is 0 Å². The Morgan fingerprint density at radius 2 is 1.46 bits per heavy atom. The van der Waals surface area contributed by atoms with Crippen molar-refractivity contribution in [1.29, 1.82) is 0 Å². The molecule has 3 aliphatic rings. The van der Waals surface area contributed by atoms with Gasteiger partial charge in [0.2, 0.25) is 0 Å². The fourth-order valence-electron chi connectivity index (χ4n) is 6.45. The van der Waals surface area contributed by atoms with E-state index in [1.165, 1.54) is 59.1 Å². The summed E-state index contributed by atoms with van der Waals surface area (Å²) >= 11 is 0. The maximum Gasteiger partial charge on any atom is 0.0159 e. The van der Waals surface area contributed by atoms with E-state index < -0.39 is 0 Å². The summed E-state index contributed by atoms with van der Waals surface area (Å²) in [5.41, 5.74) is 10.2. The fourth-order valence-corrected chi connectivity index (χ4v) is 6.45. The van der Waals surface area contributed by atoms with Gasteiger partial charge in [0, 0.05) is 5.41 Å². The molecule has 3 aromatic rings. The monoisotopic (exact) mass is 364 g/mol. The van der Waals surface area contributed by atoms with E-state index in [9.17, 15) is 0 Å². The molecule has 0 heteroatoms. The van der Waals surface area contributed by atoms with Crippen molar-refractivity contribution in [1.82, 2.24) is 0 Å². The molecule has 2 saturated carbocycles. The molecule has 0 saturated heterocycles. The Morgan fingerprint density at radius 1 is 0.714 bits per heavy atom. The van der Waals surface area contributed by atoms with Gasteiger partial charge >= 0.3 is 0 Å². The molecule has 0 spiro atoms. The van der Waals surface area contributed by atoms with Crippen LogP contribution in [0.1, 0.15) is 62.1 Å². The molecule has 0 N–H and O–H groups in total. The van der Waals surface area contributed by atoms with Crippen LogP contribution in [0.5, 0.6) is 0 Å². The summed E-state index contributed by atoms with van der Waals surface area (Å²) in [6.07, 6.45) is 5.84. The van der Waals surface area contributed by atoms with Crippen LogP contribution in [0, 0.1) is 11.8 Å². The molecule has 3 aliphatic carbocycles. The molecular weight excluding hydrogens is 336 g/mol. The van der Waals surface area contributed by atoms with Crippen LogP contribution in [0.2, 0.25) is 0 Å². The van der Waals surface area contributed by atoms with E-state index in [1.54, 1.807) is 5.56 Å². The van der Waals surface area contributed by atoms with Crippen molar-refractivity contribution >= 4 is 0 Å². The van der Waals surface area contributed by atoms with Crippen molar-refractivity contribution in [3.63, 3.8) is 0 Å². The molecule has 0 aliphatic heterocycles. The topological polar surface area (TPSA) is 0 Å². The van der Waals surface area contributed by atoms with Crippen LogP contribution in [0.15, 0.2) is 66.7 Å². The maximum absolute atomic E-state index is 2.57. The van der Waals surface area contributed by atoms with Gasteiger partial charge in [0.15, 0.2) is 0 Å². The van der Waals surface area contributed by atoms with E-state index in [4.69, 9.17) is 0 Å². The van der Waals surface area contributed by atoms with Crippen molar-refractivity contribution in [3.8, 4) is 22.3 Å². The largest absolute Gasteiger partial charge is 0.0622 e. The standard InChI is InChI=1S/C28H28/c1-28(2)26-16-20(19-6-4-3-5-7-19)10-12-23(26)24-13-11-22(17-27(24)28)25-15-18-8-9-21(25)14-18/h3-7,10-13,16-18,21,25H,8-9,14-15H2,1-2H3. The fraction of sp³-hybridized carbons (Fsp3) is 0.357. The van der Waals surface area contributed by atoms with Gasteiger partial charge in [-0.25, -0.2) is 0 Å². The van der Waals surface area contributed by atoms with Crippen molar-refractivity contribution in [2.45, 2.75) is 50.9 Å². The Labute approximate surface area is 168 Å². The first kappa shape index (κ1) is 16.6. The highest BCUT2D eigenvalue weighted by Gasteiger charge is 2.41. The molecule has 28 heavy (non-hydrogen) atoms. The van der Waals surface area contributed by atoms with Gasteiger partial charge < -0.3 is 0 Å². The summed E-state index contributed by atoms with van der Waals surface area (Å²) in [4.78, 5) is 0. The Balaban J connectivity index is 1.43. The number of fused-ring (bicyclic) bond motifs is 5. The third kappa shape index (κ3) is 2.30. The zero-order chi connectivity index (χ0) is 18.9. The third-order valence-electron chi connectivity index (χ3n) is 7.97. The Bertz CT molecular complexity index is 1060. The van der Waals surface area contributed by atoms with Crippen molar-refractivity contribution < 1.29 is 0 Å². The van der Waals surface area contributed by atoms with Crippen molar-refractivity contribution in [2.24, 2.45) is 11.8 Å². The lowest BCUT2D eigenvalue weighted by Gasteiger charge is -2.26. The first-order valence-corrected chi connectivity index (χ1v) is 11.0. The van der Waals surface area contributed by atoms with E-state index in [-0.39, 0.29) is 5.41 Å². The van der Waals surface area contributed by atoms with Gasteiger partial charge in [0.05, 0.1) is 0 Å². The molecule has 3 aromatic carbocycles. The predicted octanol–water partition coefficient (Wildman–Crippen LogP) is 7.56. The van der Waals surface area contributed by atoms with Crippen molar-refractivity contribution in [2.75, 3.05) is 0 Å². The Morgan fingerprint density at radius 3 is 2.18 bits per heavy atom. The number of benzene rings is 3. The van der Waals surface area contributed by atoms with E-state index in [0.29, 0.717) is 0 Å². The summed E-state index contributed by atoms with van der Waals surface area (Å²) in [6.45, 7) is 4.83. The summed E-state index contributed by atoms with van der Waals surface area (Å²) in [5, 5.41) is 0. The summed E-state index contributed by atoms with van der Waals surface area (Å²) in [6, 6.07) is 25.3. The first-order valence-electron chi connectivity index (χ1n) is 11.0. The normalized spacial score (nSPS) is 26.3. The smallest absolute Gasteiger partial charge is 0.0159 e. The van der Waals surface area contributed by atoms with Crippen LogP contribution >= 0.6 is 0 Å². The average molecular weight is 365 g/mol. The average Bonchev–Trinajstić information content (AvgIpc) is 3.42. The van der Waals surface area contributed by atoms with Gasteiger partial charge in [-0.05, 0) is 82.0 Å². The first-order chi connectivity index (χ1) is 13.6. The Kier molecular flexibility index (Phi) is 3.46. The minimum absolute atomic E-state index is 0.0725.